The lowest BCUT2D eigenvalue weighted by molar-refractivity contribution is 0.627. The van der Waals surface area contributed by atoms with Gasteiger partial charge >= 0.3 is 0 Å². The monoisotopic (exact) mass is 352 g/mol. The molecule has 0 unspecified atom stereocenters. The molecule has 1 aromatic heterocycles. The number of fused-ring (bicyclic) bond motifs is 3. The van der Waals surface area contributed by atoms with Gasteiger partial charge in [-0.15, -0.1) is 0 Å². The van der Waals surface area contributed by atoms with Crippen LogP contribution in [0.4, 0.5) is 4.39 Å². The molecule has 5 rings (SSSR count). The number of hydrogen-bond acceptors (Lipinski definition) is 1. The summed E-state index contributed by atoms with van der Waals surface area (Å²) in [7, 11) is 0. The van der Waals surface area contributed by atoms with Crippen molar-refractivity contribution in [3.8, 4) is 5.69 Å². The average molecular weight is 352 g/mol. The van der Waals surface area contributed by atoms with E-state index >= 15 is 0 Å². The van der Waals surface area contributed by atoms with Gasteiger partial charge < -0.3 is 4.57 Å². The molecule has 0 fully saturated rings. The third kappa shape index (κ3) is 2.68. The van der Waals surface area contributed by atoms with Gasteiger partial charge in [0.05, 0.1) is 17.1 Å². The van der Waals surface area contributed by atoms with Gasteiger partial charge in [-0.05, 0) is 35.9 Å². The smallest absolute Gasteiger partial charge is 0.123 e. The molecular formula is C24H17FN2. The number of para-hydroxylation sites is 1. The standard InChI is InChI=1S/C24H17FN2/c25-19-11-6-10-18(16-19)24-22-14-7-15-27(22)21-13-5-4-12-20(21)23(26-24)17-8-2-1-3-9-17/h1-16,23H/t23-/m1/s1. The summed E-state index contributed by atoms with van der Waals surface area (Å²) in [5.74, 6) is -0.258. The number of aliphatic imine (C=N–C) groups is 1. The zero-order valence-electron chi connectivity index (χ0n) is 14.6. The molecule has 0 aliphatic carbocycles. The van der Waals surface area contributed by atoms with E-state index in [0.717, 1.165) is 33.8 Å². The van der Waals surface area contributed by atoms with E-state index in [2.05, 4.69) is 28.8 Å². The Bertz CT molecular complexity index is 1140. The van der Waals surface area contributed by atoms with E-state index in [0.29, 0.717) is 0 Å². The van der Waals surface area contributed by atoms with Gasteiger partial charge in [0.25, 0.3) is 0 Å². The maximum absolute atomic E-state index is 13.9. The molecule has 0 radical (unpaired) electrons. The van der Waals surface area contributed by atoms with E-state index < -0.39 is 0 Å². The minimum absolute atomic E-state index is 0.152. The average Bonchev–Trinajstić information content (AvgIpc) is 3.14. The first-order valence-electron chi connectivity index (χ1n) is 8.97. The summed E-state index contributed by atoms with van der Waals surface area (Å²) in [4.78, 5) is 5.14. The minimum Gasteiger partial charge on any atom is -0.315 e. The number of hydrogen-bond donors (Lipinski definition) is 0. The Kier molecular flexibility index (Phi) is 3.72. The van der Waals surface area contributed by atoms with E-state index in [4.69, 9.17) is 4.99 Å². The molecule has 1 aliphatic heterocycles. The Morgan fingerprint density at radius 1 is 0.778 bits per heavy atom. The predicted octanol–water partition coefficient (Wildman–Crippen LogP) is 5.56. The third-order valence-corrected chi connectivity index (χ3v) is 4.95. The van der Waals surface area contributed by atoms with Crippen molar-refractivity contribution in [1.29, 1.82) is 0 Å². The van der Waals surface area contributed by atoms with Gasteiger partial charge in [0.15, 0.2) is 0 Å². The largest absolute Gasteiger partial charge is 0.315 e. The molecule has 0 saturated carbocycles. The maximum atomic E-state index is 13.9. The van der Waals surface area contributed by atoms with Gasteiger partial charge in [-0.1, -0.05) is 60.7 Å². The predicted molar refractivity (Wildman–Crippen MR) is 106 cm³/mol. The van der Waals surface area contributed by atoms with Crippen LogP contribution in [0.3, 0.4) is 0 Å². The van der Waals surface area contributed by atoms with Crippen LogP contribution in [0.15, 0.2) is 102 Å². The summed E-state index contributed by atoms with van der Waals surface area (Å²) in [5, 5.41) is 0. The number of halogens is 1. The molecule has 1 aliphatic rings. The first-order chi connectivity index (χ1) is 13.3. The Morgan fingerprint density at radius 2 is 1.59 bits per heavy atom. The summed E-state index contributed by atoms with van der Waals surface area (Å²) < 4.78 is 16.1. The zero-order valence-corrected chi connectivity index (χ0v) is 14.6. The molecule has 3 aromatic carbocycles. The van der Waals surface area contributed by atoms with Crippen LogP contribution in [-0.2, 0) is 0 Å². The van der Waals surface area contributed by atoms with Crippen LogP contribution in [-0.4, -0.2) is 10.3 Å². The quantitative estimate of drug-likeness (QED) is 0.450. The summed E-state index contributed by atoms with van der Waals surface area (Å²) >= 11 is 0. The Hall–Kier alpha value is -3.46. The first kappa shape index (κ1) is 15.8. The van der Waals surface area contributed by atoms with Crippen molar-refractivity contribution in [1.82, 2.24) is 4.57 Å². The first-order valence-corrected chi connectivity index (χ1v) is 8.97. The van der Waals surface area contributed by atoms with Gasteiger partial charge in [-0.2, -0.15) is 0 Å². The zero-order chi connectivity index (χ0) is 18.2. The topological polar surface area (TPSA) is 17.3 Å². The van der Waals surface area contributed by atoms with Crippen LogP contribution in [0.1, 0.15) is 28.4 Å². The lowest BCUT2D eigenvalue weighted by atomic mass is 9.97. The summed E-state index contributed by atoms with van der Waals surface area (Å²) in [6.45, 7) is 0. The van der Waals surface area contributed by atoms with Crippen LogP contribution in [0.25, 0.3) is 5.69 Å². The summed E-state index contributed by atoms with van der Waals surface area (Å²) in [5.41, 5.74) is 5.89. The van der Waals surface area contributed by atoms with Crippen molar-refractivity contribution in [2.75, 3.05) is 0 Å². The fraction of sp³-hybridized carbons (Fsp3) is 0.0417. The number of benzene rings is 3. The van der Waals surface area contributed by atoms with Gasteiger partial charge in [0, 0.05) is 17.3 Å². The second-order valence-corrected chi connectivity index (χ2v) is 6.62. The van der Waals surface area contributed by atoms with Crippen molar-refractivity contribution in [2.45, 2.75) is 6.04 Å². The fourth-order valence-corrected chi connectivity index (χ4v) is 3.73. The summed E-state index contributed by atoms with van der Waals surface area (Å²) in [6.07, 6.45) is 2.04. The molecule has 27 heavy (non-hydrogen) atoms. The van der Waals surface area contributed by atoms with Crippen LogP contribution < -0.4 is 0 Å². The van der Waals surface area contributed by atoms with E-state index in [9.17, 15) is 4.39 Å². The van der Waals surface area contributed by atoms with Crippen molar-refractivity contribution >= 4 is 5.71 Å². The van der Waals surface area contributed by atoms with E-state index in [1.165, 1.54) is 6.07 Å². The molecule has 2 heterocycles. The molecule has 1 atom stereocenters. The number of nitrogens with zero attached hydrogens (tertiary/aromatic N) is 2. The molecular weight excluding hydrogens is 335 g/mol. The van der Waals surface area contributed by atoms with E-state index in [-0.39, 0.29) is 11.9 Å². The highest BCUT2D eigenvalue weighted by molar-refractivity contribution is 6.12. The summed E-state index contributed by atoms with van der Waals surface area (Å²) in [6, 6.07) is 29.1. The second-order valence-electron chi connectivity index (χ2n) is 6.62. The van der Waals surface area contributed by atoms with E-state index in [1.807, 2.05) is 54.7 Å². The van der Waals surface area contributed by atoms with Gasteiger partial charge in [-0.25, -0.2) is 4.39 Å². The Balaban J connectivity index is 1.82. The van der Waals surface area contributed by atoms with Gasteiger partial charge in [-0.3, -0.25) is 4.99 Å². The molecule has 0 amide bonds. The maximum Gasteiger partial charge on any atom is 0.123 e. The highest BCUT2D eigenvalue weighted by Gasteiger charge is 2.25. The lowest BCUT2D eigenvalue weighted by Crippen LogP contribution is -2.08. The molecule has 0 spiro atoms. The lowest BCUT2D eigenvalue weighted by Gasteiger charge is -2.16. The van der Waals surface area contributed by atoms with Crippen molar-refractivity contribution in [3.05, 3.63) is 125 Å². The third-order valence-electron chi connectivity index (χ3n) is 4.95. The van der Waals surface area contributed by atoms with Crippen LogP contribution in [0, 0.1) is 5.82 Å². The molecule has 4 aromatic rings. The van der Waals surface area contributed by atoms with Crippen molar-refractivity contribution in [3.63, 3.8) is 0 Å². The fourth-order valence-electron chi connectivity index (χ4n) is 3.73. The SMILES string of the molecule is Fc1cccc(C2=N[C@H](c3ccccc3)c3ccccc3-n3cccc32)c1. The highest BCUT2D eigenvalue weighted by atomic mass is 19.1. The normalized spacial score (nSPS) is 15.4. The molecule has 130 valence electrons. The number of aromatic nitrogens is 1. The molecule has 0 N–H and O–H groups in total. The Morgan fingerprint density at radius 3 is 2.44 bits per heavy atom. The number of rotatable bonds is 2. The van der Waals surface area contributed by atoms with Crippen LogP contribution >= 0.6 is 0 Å². The molecule has 0 saturated heterocycles. The van der Waals surface area contributed by atoms with E-state index in [1.54, 1.807) is 12.1 Å². The van der Waals surface area contributed by atoms with Crippen LogP contribution in [0.2, 0.25) is 0 Å². The minimum atomic E-state index is -0.258. The highest BCUT2D eigenvalue weighted by Crippen LogP contribution is 2.35. The van der Waals surface area contributed by atoms with Gasteiger partial charge in [0.2, 0.25) is 0 Å². The Labute approximate surface area is 157 Å². The van der Waals surface area contributed by atoms with Gasteiger partial charge in [0.1, 0.15) is 11.9 Å². The molecule has 3 heteroatoms. The molecule has 0 bridgehead atoms. The van der Waals surface area contributed by atoms with Crippen molar-refractivity contribution < 1.29 is 4.39 Å². The molecule has 2 nitrogen and oxygen atoms in total. The second kappa shape index (κ2) is 6.36. The van der Waals surface area contributed by atoms with Crippen molar-refractivity contribution in [2.24, 2.45) is 4.99 Å². The van der Waals surface area contributed by atoms with Crippen LogP contribution in [0.5, 0.6) is 0 Å².